The summed E-state index contributed by atoms with van der Waals surface area (Å²) in [5.74, 6) is 1.09. The molecule has 0 bridgehead atoms. The molecule has 0 unspecified atom stereocenters. The zero-order valence-electron chi connectivity index (χ0n) is 13.5. The van der Waals surface area contributed by atoms with Gasteiger partial charge in [0, 0.05) is 62.4 Å². The molecule has 0 amide bonds. The van der Waals surface area contributed by atoms with E-state index in [0.717, 1.165) is 38.5 Å². The summed E-state index contributed by atoms with van der Waals surface area (Å²) in [5, 5.41) is 0. The highest BCUT2D eigenvalue weighted by atomic mass is 16.3. The van der Waals surface area contributed by atoms with Gasteiger partial charge in [-0.15, -0.1) is 0 Å². The summed E-state index contributed by atoms with van der Waals surface area (Å²) in [6.07, 6.45) is 9.13. The van der Waals surface area contributed by atoms with Gasteiger partial charge in [0.2, 0.25) is 0 Å². The highest BCUT2D eigenvalue weighted by Crippen LogP contribution is 2.25. The Kier molecular flexibility index (Phi) is 4.25. The van der Waals surface area contributed by atoms with Crippen LogP contribution < -0.4 is 4.90 Å². The predicted molar refractivity (Wildman–Crippen MR) is 92.3 cm³/mol. The fourth-order valence-corrected chi connectivity index (χ4v) is 3.16. The largest absolute Gasteiger partial charge is 0.472 e. The summed E-state index contributed by atoms with van der Waals surface area (Å²) in [7, 11) is 0. The molecule has 0 spiro atoms. The van der Waals surface area contributed by atoms with E-state index in [1.165, 1.54) is 16.7 Å². The summed E-state index contributed by atoms with van der Waals surface area (Å²) in [6.45, 7) is 4.60. The minimum absolute atomic E-state index is 0.853. The van der Waals surface area contributed by atoms with Crippen molar-refractivity contribution in [2.75, 3.05) is 18.0 Å². The number of pyridine rings is 2. The Bertz CT molecular complexity index is 773. The third kappa shape index (κ3) is 3.31. The van der Waals surface area contributed by atoms with Crippen molar-refractivity contribution >= 4 is 5.82 Å². The molecule has 122 valence electrons. The fourth-order valence-electron chi connectivity index (χ4n) is 3.16. The Morgan fingerprint density at radius 3 is 2.71 bits per heavy atom. The Morgan fingerprint density at radius 1 is 0.958 bits per heavy atom. The van der Waals surface area contributed by atoms with E-state index in [9.17, 15) is 0 Å². The summed E-state index contributed by atoms with van der Waals surface area (Å²) in [5.41, 5.74) is 3.74. The van der Waals surface area contributed by atoms with Crippen LogP contribution in [-0.2, 0) is 19.6 Å². The van der Waals surface area contributed by atoms with Crippen LogP contribution in [-0.4, -0.2) is 28.0 Å². The van der Waals surface area contributed by atoms with Gasteiger partial charge in [0.05, 0.1) is 12.5 Å². The molecule has 3 aromatic heterocycles. The molecule has 5 heteroatoms. The van der Waals surface area contributed by atoms with Gasteiger partial charge in [-0.2, -0.15) is 0 Å². The van der Waals surface area contributed by atoms with Crippen LogP contribution in [0, 0.1) is 0 Å². The molecule has 1 aliphatic rings. The lowest BCUT2D eigenvalue weighted by Gasteiger charge is -2.23. The first kappa shape index (κ1) is 14.9. The van der Waals surface area contributed by atoms with E-state index in [-0.39, 0.29) is 0 Å². The molecule has 0 aliphatic carbocycles. The van der Waals surface area contributed by atoms with Crippen molar-refractivity contribution in [1.82, 2.24) is 14.9 Å². The lowest BCUT2D eigenvalue weighted by atomic mass is 10.2. The maximum atomic E-state index is 5.20. The van der Waals surface area contributed by atoms with Gasteiger partial charge in [-0.3, -0.25) is 9.88 Å². The van der Waals surface area contributed by atoms with E-state index in [1.54, 1.807) is 6.26 Å². The van der Waals surface area contributed by atoms with Crippen molar-refractivity contribution in [3.8, 4) is 0 Å². The highest BCUT2D eigenvalue weighted by molar-refractivity contribution is 5.48. The average Bonchev–Trinajstić information content (AvgIpc) is 3.06. The third-order valence-corrected chi connectivity index (χ3v) is 4.36. The topological polar surface area (TPSA) is 45.4 Å². The number of rotatable bonds is 4. The molecule has 0 fully saturated rings. The van der Waals surface area contributed by atoms with E-state index in [4.69, 9.17) is 4.42 Å². The van der Waals surface area contributed by atoms with Gasteiger partial charge < -0.3 is 9.32 Å². The molecule has 1 aliphatic heterocycles. The number of nitrogens with zero attached hydrogens (tertiary/aromatic N) is 4. The third-order valence-electron chi connectivity index (χ3n) is 4.36. The van der Waals surface area contributed by atoms with Crippen LogP contribution in [0.25, 0.3) is 0 Å². The van der Waals surface area contributed by atoms with E-state index >= 15 is 0 Å². The predicted octanol–water partition coefficient (Wildman–Crippen LogP) is 3.09. The summed E-state index contributed by atoms with van der Waals surface area (Å²) >= 11 is 0. The van der Waals surface area contributed by atoms with Crippen molar-refractivity contribution in [2.24, 2.45) is 0 Å². The Morgan fingerprint density at radius 2 is 1.88 bits per heavy atom. The summed E-state index contributed by atoms with van der Waals surface area (Å²) < 4.78 is 5.20. The first-order chi connectivity index (χ1) is 11.9. The molecule has 24 heavy (non-hydrogen) atoms. The standard InChI is InChI=1S/C19H20N4O/c1-2-18-14-22(12-17-5-11-24-15-17)9-10-23(19(18)21-6-1)13-16-3-7-20-8-4-16/h1-8,11,15H,9-10,12-14H2. The molecule has 4 rings (SSSR count). The minimum Gasteiger partial charge on any atom is -0.472 e. The molecule has 0 radical (unpaired) electrons. The van der Waals surface area contributed by atoms with Crippen molar-refractivity contribution in [3.63, 3.8) is 0 Å². The van der Waals surface area contributed by atoms with Gasteiger partial charge in [-0.1, -0.05) is 6.07 Å². The van der Waals surface area contributed by atoms with E-state index in [2.05, 4.69) is 38.0 Å². The summed E-state index contributed by atoms with van der Waals surface area (Å²) in [4.78, 5) is 13.6. The Balaban J connectivity index is 1.56. The molecule has 0 saturated heterocycles. The van der Waals surface area contributed by atoms with Crippen LogP contribution in [0.15, 0.2) is 65.9 Å². The molecule has 0 atom stereocenters. The van der Waals surface area contributed by atoms with Crippen LogP contribution >= 0.6 is 0 Å². The van der Waals surface area contributed by atoms with Crippen LogP contribution in [0.4, 0.5) is 5.82 Å². The second-order valence-corrected chi connectivity index (χ2v) is 6.11. The Labute approximate surface area is 141 Å². The first-order valence-electron chi connectivity index (χ1n) is 8.20. The van der Waals surface area contributed by atoms with Gasteiger partial charge in [0.25, 0.3) is 0 Å². The van der Waals surface area contributed by atoms with Crippen LogP contribution in [0.1, 0.15) is 16.7 Å². The van der Waals surface area contributed by atoms with Gasteiger partial charge in [-0.05, 0) is 29.8 Å². The normalized spacial score (nSPS) is 15.1. The molecule has 5 nitrogen and oxygen atoms in total. The molecule has 0 saturated carbocycles. The fraction of sp³-hybridized carbons (Fsp3) is 0.263. The highest BCUT2D eigenvalue weighted by Gasteiger charge is 2.21. The van der Waals surface area contributed by atoms with Gasteiger partial charge >= 0.3 is 0 Å². The second-order valence-electron chi connectivity index (χ2n) is 6.11. The molecular formula is C19H20N4O. The van der Waals surface area contributed by atoms with Crippen molar-refractivity contribution in [3.05, 3.63) is 78.1 Å². The average molecular weight is 320 g/mol. The van der Waals surface area contributed by atoms with Crippen molar-refractivity contribution in [1.29, 1.82) is 0 Å². The quantitative estimate of drug-likeness (QED) is 0.739. The number of fused-ring (bicyclic) bond motifs is 1. The molecule has 3 aromatic rings. The lowest BCUT2D eigenvalue weighted by molar-refractivity contribution is 0.267. The monoisotopic (exact) mass is 320 g/mol. The minimum atomic E-state index is 0.853. The van der Waals surface area contributed by atoms with E-state index in [0.29, 0.717) is 0 Å². The molecule has 4 heterocycles. The van der Waals surface area contributed by atoms with Crippen molar-refractivity contribution in [2.45, 2.75) is 19.6 Å². The number of hydrogen-bond acceptors (Lipinski definition) is 5. The Hall–Kier alpha value is -2.66. The zero-order valence-corrected chi connectivity index (χ0v) is 13.5. The van der Waals surface area contributed by atoms with Gasteiger partial charge in [0.1, 0.15) is 5.82 Å². The maximum absolute atomic E-state index is 5.20. The van der Waals surface area contributed by atoms with Gasteiger partial charge in [-0.25, -0.2) is 4.98 Å². The molecule has 0 N–H and O–H groups in total. The second kappa shape index (κ2) is 6.84. The number of aromatic nitrogens is 2. The molecule has 0 aromatic carbocycles. The number of anilines is 1. The van der Waals surface area contributed by atoms with Crippen LogP contribution in [0.5, 0.6) is 0 Å². The molecular weight excluding hydrogens is 300 g/mol. The first-order valence-corrected chi connectivity index (χ1v) is 8.20. The number of furan rings is 1. The smallest absolute Gasteiger partial charge is 0.133 e. The van der Waals surface area contributed by atoms with Crippen LogP contribution in [0.3, 0.4) is 0 Å². The van der Waals surface area contributed by atoms with Crippen LogP contribution in [0.2, 0.25) is 0 Å². The van der Waals surface area contributed by atoms with E-state index < -0.39 is 0 Å². The number of hydrogen-bond donors (Lipinski definition) is 0. The maximum Gasteiger partial charge on any atom is 0.133 e. The SMILES string of the molecule is c1cnc2c(c1)CN(Cc1ccoc1)CCN2Cc1ccncc1. The van der Waals surface area contributed by atoms with Gasteiger partial charge in [0.15, 0.2) is 0 Å². The summed E-state index contributed by atoms with van der Waals surface area (Å²) in [6, 6.07) is 10.4. The zero-order chi connectivity index (χ0) is 16.2. The van der Waals surface area contributed by atoms with E-state index in [1.807, 2.05) is 37.0 Å². The lowest BCUT2D eigenvalue weighted by Crippen LogP contribution is -2.31. The van der Waals surface area contributed by atoms with Crippen molar-refractivity contribution < 1.29 is 4.42 Å².